The minimum absolute atomic E-state index is 0.0969. The van der Waals surface area contributed by atoms with Gasteiger partial charge < -0.3 is 5.43 Å². The van der Waals surface area contributed by atoms with Crippen LogP contribution in [0.1, 0.15) is 18.5 Å². The molecule has 6 nitrogen and oxygen atoms in total. The molecule has 1 atom stereocenters. The van der Waals surface area contributed by atoms with Crippen molar-refractivity contribution in [1.82, 2.24) is 14.6 Å². The average Bonchev–Trinajstić information content (AvgIpc) is 3.16. The Kier molecular flexibility index (Phi) is 4.01. The fourth-order valence-corrected chi connectivity index (χ4v) is 3.85. The Bertz CT molecular complexity index is 1230. The Morgan fingerprint density at radius 1 is 1.10 bits per heavy atom. The smallest absolute Gasteiger partial charge is 0.249 e. The number of anilines is 1. The standard InChI is InChI=1S/C22H18FN5O/c1-14(15-5-2-6-16(23)11-15)27-20-12-25-22(28(20)26-13-21(27)29)18-7-3-9-19-17(18)8-4-10-24-19/h2-12,14,26H,13H2,1H3. The quantitative estimate of drug-likeness (QED) is 0.579. The lowest BCUT2D eigenvalue weighted by Gasteiger charge is -2.34. The molecule has 5 rings (SSSR count). The molecule has 144 valence electrons. The maximum atomic E-state index is 13.7. The highest BCUT2D eigenvalue weighted by molar-refractivity contribution is 5.99. The van der Waals surface area contributed by atoms with Crippen LogP contribution in [0.15, 0.2) is 67.0 Å². The summed E-state index contributed by atoms with van der Waals surface area (Å²) < 4.78 is 15.5. The van der Waals surface area contributed by atoms with Gasteiger partial charge in [0.25, 0.3) is 0 Å². The molecule has 0 bridgehead atoms. The molecule has 29 heavy (non-hydrogen) atoms. The number of amides is 1. The van der Waals surface area contributed by atoms with Crippen LogP contribution in [-0.4, -0.2) is 27.1 Å². The number of halogens is 1. The minimum atomic E-state index is -0.335. The number of nitrogens with one attached hydrogen (secondary N) is 1. The van der Waals surface area contributed by atoms with Crippen LogP contribution < -0.4 is 10.3 Å². The van der Waals surface area contributed by atoms with Crippen LogP contribution in [0.5, 0.6) is 0 Å². The Morgan fingerprint density at radius 2 is 1.97 bits per heavy atom. The first-order valence-corrected chi connectivity index (χ1v) is 9.37. The van der Waals surface area contributed by atoms with Gasteiger partial charge in [-0.1, -0.05) is 30.3 Å². The number of benzene rings is 2. The van der Waals surface area contributed by atoms with E-state index in [-0.39, 0.29) is 24.3 Å². The monoisotopic (exact) mass is 387 g/mol. The number of hydrogen-bond donors (Lipinski definition) is 1. The van der Waals surface area contributed by atoms with Crippen LogP contribution in [0, 0.1) is 5.82 Å². The molecular formula is C22H18FN5O. The molecule has 1 N–H and O–H groups in total. The second-order valence-electron chi connectivity index (χ2n) is 6.98. The van der Waals surface area contributed by atoms with Crippen molar-refractivity contribution in [2.24, 2.45) is 0 Å². The molecule has 1 aliphatic rings. The van der Waals surface area contributed by atoms with Crippen molar-refractivity contribution in [2.75, 3.05) is 16.9 Å². The van der Waals surface area contributed by atoms with E-state index >= 15 is 0 Å². The van der Waals surface area contributed by atoms with Crippen LogP contribution in [0.2, 0.25) is 0 Å². The summed E-state index contributed by atoms with van der Waals surface area (Å²) in [5.41, 5.74) is 5.66. The van der Waals surface area contributed by atoms with Crippen molar-refractivity contribution < 1.29 is 9.18 Å². The van der Waals surface area contributed by atoms with E-state index in [1.165, 1.54) is 12.1 Å². The van der Waals surface area contributed by atoms with E-state index in [0.717, 1.165) is 22.0 Å². The number of hydrogen-bond acceptors (Lipinski definition) is 4. The van der Waals surface area contributed by atoms with Gasteiger partial charge in [0.2, 0.25) is 5.91 Å². The van der Waals surface area contributed by atoms with Gasteiger partial charge in [0.05, 0.1) is 17.8 Å². The molecule has 0 aliphatic carbocycles. The van der Waals surface area contributed by atoms with Gasteiger partial charge in [-0.2, -0.15) is 0 Å². The number of carbonyl (C=O) groups excluding carboxylic acids is 1. The van der Waals surface area contributed by atoms with Gasteiger partial charge in [-0.05, 0) is 36.8 Å². The lowest BCUT2D eigenvalue weighted by Crippen LogP contribution is -2.45. The molecule has 0 radical (unpaired) electrons. The highest BCUT2D eigenvalue weighted by atomic mass is 19.1. The largest absolute Gasteiger partial charge is 0.313 e. The van der Waals surface area contributed by atoms with Gasteiger partial charge in [-0.15, -0.1) is 0 Å². The van der Waals surface area contributed by atoms with Gasteiger partial charge in [0.15, 0.2) is 11.6 Å². The summed E-state index contributed by atoms with van der Waals surface area (Å²) >= 11 is 0. The fourth-order valence-electron chi connectivity index (χ4n) is 3.85. The highest BCUT2D eigenvalue weighted by Crippen LogP contribution is 2.34. The summed E-state index contributed by atoms with van der Waals surface area (Å²) in [5, 5.41) is 0.979. The van der Waals surface area contributed by atoms with Crippen molar-refractivity contribution in [2.45, 2.75) is 13.0 Å². The average molecular weight is 387 g/mol. The Balaban J connectivity index is 1.62. The van der Waals surface area contributed by atoms with E-state index in [2.05, 4.69) is 15.4 Å². The first-order chi connectivity index (χ1) is 14.1. The van der Waals surface area contributed by atoms with Crippen molar-refractivity contribution in [3.05, 3.63) is 78.4 Å². The third-order valence-corrected chi connectivity index (χ3v) is 5.25. The van der Waals surface area contributed by atoms with E-state index in [0.29, 0.717) is 11.6 Å². The fraction of sp³-hybridized carbons (Fsp3) is 0.136. The van der Waals surface area contributed by atoms with E-state index in [1.807, 2.05) is 48.0 Å². The molecule has 0 saturated carbocycles. The van der Waals surface area contributed by atoms with Gasteiger partial charge in [0.1, 0.15) is 12.4 Å². The van der Waals surface area contributed by atoms with E-state index in [4.69, 9.17) is 0 Å². The van der Waals surface area contributed by atoms with Crippen LogP contribution >= 0.6 is 0 Å². The second-order valence-corrected chi connectivity index (χ2v) is 6.98. The predicted molar refractivity (Wildman–Crippen MR) is 109 cm³/mol. The molecule has 2 aromatic carbocycles. The second kappa shape index (κ2) is 6.70. The topological polar surface area (TPSA) is 63.1 Å². The number of nitrogens with zero attached hydrogens (tertiary/aromatic N) is 4. The maximum absolute atomic E-state index is 13.7. The Hall–Kier alpha value is -3.74. The Labute approximate surface area is 166 Å². The lowest BCUT2D eigenvalue weighted by atomic mass is 10.1. The van der Waals surface area contributed by atoms with E-state index < -0.39 is 0 Å². The highest BCUT2D eigenvalue weighted by Gasteiger charge is 2.32. The molecule has 0 spiro atoms. The third kappa shape index (κ3) is 2.82. The zero-order valence-electron chi connectivity index (χ0n) is 15.7. The number of fused-ring (bicyclic) bond motifs is 2. The normalized spacial score (nSPS) is 14.6. The molecule has 3 heterocycles. The summed E-state index contributed by atoms with van der Waals surface area (Å²) in [6.45, 7) is 2.01. The summed E-state index contributed by atoms with van der Waals surface area (Å²) in [6.07, 6.45) is 3.43. The third-order valence-electron chi connectivity index (χ3n) is 5.25. The summed E-state index contributed by atoms with van der Waals surface area (Å²) in [4.78, 5) is 23.4. The van der Waals surface area contributed by atoms with Crippen molar-refractivity contribution in [3.8, 4) is 11.4 Å². The van der Waals surface area contributed by atoms with Gasteiger partial charge in [0, 0.05) is 17.1 Å². The molecule has 7 heteroatoms. The first kappa shape index (κ1) is 17.4. The number of carbonyl (C=O) groups is 1. The molecule has 1 unspecified atom stereocenters. The zero-order valence-corrected chi connectivity index (χ0v) is 15.7. The van der Waals surface area contributed by atoms with Crippen LogP contribution in [0.25, 0.3) is 22.3 Å². The van der Waals surface area contributed by atoms with Crippen molar-refractivity contribution in [1.29, 1.82) is 0 Å². The summed E-state index contributed by atoms with van der Waals surface area (Å²) in [5.74, 6) is 0.895. The molecule has 4 aromatic rings. The van der Waals surface area contributed by atoms with Crippen LogP contribution in [0.4, 0.5) is 10.2 Å². The number of rotatable bonds is 3. The summed E-state index contributed by atoms with van der Waals surface area (Å²) in [6, 6.07) is 15.8. The van der Waals surface area contributed by atoms with Crippen molar-refractivity contribution in [3.63, 3.8) is 0 Å². The first-order valence-electron chi connectivity index (χ1n) is 9.37. The van der Waals surface area contributed by atoms with Gasteiger partial charge in [-0.3, -0.25) is 14.7 Å². The SMILES string of the molecule is CC(c1cccc(F)c1)N1C(=O)CNn2c1cnc2-c1cccc2ncccc12. The van der Waals surface area contributed by atoms with E-state index in [9.17, 15) is 9.18 Å². The number of pyridine rings is 1. The molecule has 0 saturated heterocycles. The van der Waals surface area contributed by atoms with E-state index in [1.54, 1.807) is 23.4 Å². The molecule has 1 amide bonds. The van der Waals surface area contributed by atoms with Crippen LogP contribution in [-0.2, 0) is 4.79 Å². The zero-order chi connectivity index (χ0) is 20.0. The molecule has 2 aromatic heterocycles. The van der Waals surface area contributed by atoms with Crippen molar-refractivity contribution >= 4 is 22.6 Å². The summed E-state index contributed by atoms with van der Waals surface area (Å²) in [7, 11) is 0. The number of imidazole rings is 1. The van der Waals surface area contributed by atoms with Crippen LogP contribution in [0.3, 0.4) is 0 Å². The minimum Gasteiger partial charge on any atom is -0.313 e. The van der Waals surface area contributed by atoms with Gasteiger partial charge in [-0.25, -0.2) is 14.1 Å². The lowest BCUT2D eigenvalue weighted by molar-refractivity contribution is -0.118. The maximum Gasteiger partial charge on any atom is 0.249 e. The molecular weight excluding hydrogens is 369 g/mol. The predicted octanol–water partition coefficient (Wildman–Crippen LogP) is 3.89. The molecule has 0 fully saturated rings. The Morgan fingerprint density at radius 3 is 2.83 bits per heavy atom. The number of aromatic nitrogens is 3. The van der Waals surface area contributed by atoms with Gasteiger partial charge >= 0.3 is 0 Å². The molecule has 1 aliphatic heterocycles.